The van der Waals surface area contributed by atoms with Crippen LogP contribution < -0.4 is 15.1 Å². The van der Waals surface area contributed by atoms with Crippen molar-refractivity contribution in [1.82, 2.24) is 4.98 Å². The van der Waals surface area contributed by atoms with Crippen molar-refractivity contribution in [1.29, 1.82) is 0 Å². The maximum absolute atomic E-state index is 13.2. The van der Waals surface area contributed by atoms with Gasteiger partial charge in [-0.15, -0.1) is 0 Å². The summed E-state index contributed by atoms with van der Waals surface area (Å²) < 4.78 is 0. The Kier molecular flexibility index (Phi) is 4.11. The third-order valence-corrected chi connectivity index (χ3v) is 5.12. The van der Waals surface area contributed by atoms with Crippen molar-refractivity contribution in [2.24, 2.45) is 5.92 Å². The zero-order chi connectivity index (χ0) is 18.3. The second-order valence-electron chi connectivity index (χ2n) is 6.77. The average Bonchev–Trinajstić information content (AvgIpc) is 2.94. The van der Waals surface area contributed by atoms with E-state index in [9.17, 15) is 9.59 Å². The van der Waals surface area contributed by atoms with E-state index in [4.69, 9.17) is 0 Å². The van der Waals surface area contributed by atoms with Crippen molar-refractivity contribution >= 4 is 28.9 Å². The van der Waals surface area contributed by atoms with E-state index in [1.54, 1.807) is 11.1 Å². The van der Waals surface area contributed by atoms with Crippen molar-refractivity contribution in [3.05, 3.63) is 48.7 Å². The normalized spacial score (nSPS) is 24.1. The zero-order valence-electron chi connectivity index (χ0n) is 14.9. The number of hydrogen-bond acceptors (Lipinski definition) is 5. The van der Waals surface area contributed by atoms with E-state index in [2.05, 4.69) is 22.1 Å². The minimum Gasteiger partial charge on any atom is -0.362 e. The first kappa shape index (κ1) is 16.6. The van der Waals surface area contributed by atoms with Gasteiger partial charge >= 0.3 is 0 Å². The Morgan fingerprint density at radius 2 is 1.96 bits per heavy atom. The summed E-state index contributed by atoms with van der Waals surface area (Å²) in [4.78, 5) is 33.9. The van der Waals surface area contributed by atoms with Crippen LogP contribution in [0.4, 0.5) is 17.2 Å². The monoisotopic (exact) mass is 350 g/mol. The molecular weight excluding hydrogens is 328 g/mol. The molecule has 3 heterocycles. The summed E-state index contributed by atoms with van der Waals surface area (Å²) in [5.74, 6) is -0.424. The zero-order valence-corrected chi connectivity index (χ0v) is 14.9. The number of Topliss-reactive ketones (excluding diaryl/α,β-unsaturated/α-hetero) is 1. The highest BCUT2D eigenvalue weighted by atomic mass is 16.2. The molecule has 6 nitrogen and oxygen atoms in total. The number of nitrogens with zero attached hydrogens (tertiary/aromatic N) is 3. The number of ketones is 1. The minimum absolute atomic E-state index is 0.106. The molecule has 2 aromatic rings. The molecule has 0 spiro atoms. The van der Waals surface area contributed by atoms with E-state index >= 15 is 0 Å². The lowest BCUT2D eigenvalue weighted by Gasteiger charge is -2.43. The number of aromatic nitrogens is 1. The van der Waals surface area contributed by atoms with Crippen molar-refractivity contribution in [2.45, 2.75) is 32.5 Å². The first-order chi connectivity index (χ1) is 12.6. The predicted octanol–water partition coefficient (Wildman–Crippen LogP) is 2.67. The number of nitrogens with one attached hydrogen (secondary N) is 1. The number of para-hydroxylation sites is 2. The van der Waals surface area contributed by atoms with Gasteiger partial charge in [-0.05, 0) is 37.6 Å². The second-order valence-corrected chi connectivity index (χ2v) is 6.77. The Morgan fingerprint density at radius 3 is 2.65 bits per heavy atom. The Bertz CT molecular complexity index is 839. The summed E-state index contributed by atoms with van der Waals surface area (Å²) in [5, 5.41) is 3.48. The minimum atomic E-state index is -0.700. The number of benzene rings is 1. The van der Waals surface area contributed by atoms with Gasteiger partial charge < -0.3 is 10.2 Å². The molecule has 0 saturated carbocycles. The third kappa shape index (κ3) is 2.44. The lowest BCUT2D eigenvalue weighted by Crippen LogP contribution is -2.55. The third-order valence-electron chi connectivity index (χ3n) is 5.12. The summed E-state index contributed by atoms with van der Waals surface area (Å²) in [5.41, 5.74) is 2.01. The quantitative estimate of drug-likeness (QED) is 0.859. The number of fused-ring (bicyclic) bond motifs is 2. The standard InChI is InChI=1S/C20H22N4O2/c1-3-12-23-15-9-5-4-8-14(15)22-19-18(23)17(13(2)25)20(26)24(19)16-10-6-7-11-21-16/h4-11,17-19,22H,3,12H2,1-2H3. The molecule has 2 aliphatic heterocycles. The Hall–Kier alpha value is -2.89. The highest BCUT2D eigenvalue weighted by Crippen LogP contribution is 2.42. The fourth-order valence-electron chi connectivity index (χ4n) is 4.11. The fraction of sp³-hybridized carbons (Fsp3) is 0.350. The maximum Gasteiger partial charge on any atom is 0.242 e. The predicted molar refractivity (Wildman–Crippen MR) is 101 cm³/mol. The van der Waals surface area contributed by atoms with E-state index in [1.165, 1.54) is 6.92 Å². The van der Waals surface area contributed by atoms with Crippen LogP contribution >= 0.6 is 0 Å². The molecule has 134 valence electrons. The average molecular weight is 350 g/mol. The molecule has 1 amide bonds. The Morgan fingerprint density at radius 1 is 1.19 bits per heavy atom. The molecule has 1 saturated heterocycles. The van der Waals surface area contributed by atoms with Gasteiger partial charge in [0.2, 0.25) is 5.91 Å². The largest absolute Gasteiger partial charge is 0.362 e. The number of carbonyl (C=O) groups is 2. The van der Waals surface area contributed by atoms with Crippen molar-refractivity contribution in [3.63, 3.8) is 0 Å². The molecule has 0 aliphatic carbocycles. The van der Waals surface area contributed by atoms with Gasteiger partial charge in [0.1, 0.15) is 23.7 Å². The van der Waals surface area contributed by atoms with E-state index in [-0.39, 0.29) is 23.9 Å². The smallest absolute Gasteiger partial charge is 0.242 e. The van der Waals surface area contributed by atoms with Crippen LogP contribution in [0.25, 0.3) is 0 Å². The van der Waals surface area contributed by atoms with Crippen molar-refractivity contribution < 1.29 is 9.59 Å². The van der Waals surface area contributed by atoms with Crippen LogP contribution in [0.15, 0.2) is 48.7 Å². The maximum atomic E-state index is 13.2. The summed E-state index contributed by atoms with van der Waals surface area (Å²) >= 11 is 0. The molecule has 1 aromatic heterocycles. The molecule has 1 fully saturated rings. The van der Waals surface area contributed by atoms with Gasteiger partial charge in [0.05, 0.1) is 17.4 Å². The van der Waals surface area contributed by atoms with Gasteiger partial charge in [0.15, 0.2) is 0 Å². The fourth-order valence-corrected chi connectivity index (χ4v) is 4.11. The first-order valence-corrected chi connectivity index (χ1v) is 9.00. The first-order valence-electron chi connectivity index (χ1n) is 9.00. The summed E-state index contributed by atoms with van der Waals surface area (Å²) in [6, 6.07) is 13.2. The van der Waals surface area contributed by atoms with E-state index in [0.717, 1.165) is 24.3 Å². The van der Waals surface area contributed by atoms with E-state index < -0.39 is 5.92 Å². The lowest BCUT2D eigenvalue weighted by molar-refractivity contribution is -0.129. The lowest BCUT2D eigenvalue weighted by atomic mass is 9.93. The number of anilines is 3. The van der Waals surface area contributed by atoms with Crippen LogP contribution in [0.1, 0.15) is 20.3 Å². The van der Waals surface area contributed by atoms with Crippen LogP contribution in [0, 0.1) is 5.92 Å². The van der Waals surface area contributed by atoms with E-state index in [0.29, 0.717) is 5.82 Å². The van der Waals surface area contributed by atoms with Gasteiger partial charge in [-0.3, -0.25) is 14.5 Å². The van der Waals surface area contributed by atoms with Crippen LogP contribution in [0.2, 0.25) is 0 Å². The highest BCUT2D eigenvalue weighted by molar-refractivity contribution is 6.12. The Balaban J connectivity index is 1.86. The number of amides is 1. The molecule has 6 heteroatoms. The molecule has 1 aromatic carbocycles. The molecule has 3 unspecified atom stereocenters. The van der Waals surface area contributed by atoms with Crippen LogP contribution in [0.3, 0.4) is 0 Å². The van der Waals surface area contributed by atoms with Crippen LogP contribution in [-0.4, -0.2) is 35.4 Å². The topological polar surface area (TPSA) is 65.5 Å². The van der Waals surface area contributed by atoms with Crippen LogP contribution in [-0.2, 0) is 9.59 Å². The SMILES string of the molecule is CCCN1c2ccccc2NC2C1C(C(C)=O)C(=O)N2c1ccccn1. The molecule has 2 aliphatic rings. The number of carbonyl (C=O) groups excluding carboxylic acids is 2. The van der Waals surface area contributed by atoms with Crippen LogP contribution in [0.5, 0.6) is 0 Å². The molecular formula is C20H22N4O2. The summed E-state index contributed by atoms with van der Waals surface area (Å²) in [7, 11) is 0. The van der Waals surface area contributed by atoms with Gasteiger partial charge in [0, 0.05) is 12.7 Å². The summed E-state index contributed by atoms with van der Waals surface area (Å²) in [6.45, 7) is 4.40. The molecule has 26 heavy (non-hydrogen) atoms. The molecule has 0 radical (unpaired) electrons. The second kappa shape index (κ2) is 6.44. The van der Waals surface area contributed by atoms with Gasteiger partial charge in [0.25, 0.3) is 0 Å². The highest BCUT2D eigenvalue weighted by Gasteiger charge is 2.55. The number of rotatable bonds is 4. The van der Waals surface area contributed by atoms with Crippen molar-refractivity contribution in [2.75, 3.05) is 21.7 Å². The molecule has 3 atom stereocenters. The number of pyridine rings is 1. The van der Waals surface area contributed by atoms with Gasteiger partial charge in [-0.25, -0.2) is 4.98 Å². The summed E-state index contributed by atoms with van der Waals surface area (Å²) in [6.07, 6.45) is 2.27. The van der Waals surface area contributed by atoms with Gasteiger partial charge in [-0.1, -0.05) is 25.1 Å². The molecule has 4 rings (SSSR count). The van der Waals surface area contributed by atoms with Crippen molar-refractivity contribution in [3.8, 4) is 0 Å². The molecule has 1 N–H and O–H groups in total. The number of hydrogen-bond donors (Lipinski definition) is 1. The molecule has 0 bridgehead atoms. The van der Waals surface area contributed by atoms with Gasteiger partial charge in [-0.2, -0.15) is 0 Å². The van der Waals surface area contributed by atoms with E-state index in [1.807, 2.05) is 42.5 Å². The Labute approximate surface area is 152 Å².